The van der Waals surface area contributed by atoms with Gasteiger partial charge in [0.15, 0.2) is 5.65 Å². The number of nitrogen functional groups attached to an aromatic ring is 1. The van der Waals surface area contributed by atoms with E-state index in [1.807, 2.05) is 53.1 Å². The number of aromatic nitrogens is 3. The molecule has 0 amide bonds. The molecule has 170 valence electrons. The summed E-state index contributed by atoms with van der Waals surface area (Å²) in [4.78, 5) is 22.6. The van der Waals surface area contributed by atoms with Crippen molar-refractivity contribution in [2.75, 3.05) is 26.1 Å². The summed E-state index contributed by atoms with van der Waals surface area (Å²) in [5.41, 5.74) is 10.4. The number of benzene rings is 2. The molecule has 0 saturated carbocycles. The van der Waals surface area contributed by atoms with Gasteiger partial charge in [-0.2, -0.15) is 0 Å². The molecule has 2 N–H and O–H groups in total. The molecular weight excluding hydrogens is 420 g/mol. The van der Waals surface area contributed by atoms with Gasteiger partial charge < -0.3 is 24.5 Å². The number of para-hydroxylation sites is 2. The van der Waals surface area contributed by atoms with E-state index in [9.17, 15) is 4.79 Å². The molecule has 0 radical (unpaired) electrons. The molecule has 33 heavy (non-hydrogen) atoms. The van der Waals surface area contributed by atoms with Crippen molar-refractivity contribution in [1.29, 1.82) is 0 Å². The quantitative estimate of drug-likeness (QED) is 0.431. The highest BCUT2D eigenvalue weighted by molar-refractivity contribution is 6.08. The molecule has 0 aliphatic carbocycles. The number of aryl methyl sites for hydroxylation is 2. The molecule has 1 atom stereocenters. The van der Waals surface area contributed by atoms with Gasteiger partial charge in [-0.05, 0) is 49.1 Å². The Kier molecular flexibility index (Phi) is 5.83. The van der Waals surface area contributed by atoms with Crippen LogP contribution in [-0.4, -0.2) is 46.9 Å². The van der Waals surface area contributed by atoms with E-state index < -0.39 is 5.97 Å². The van der Waals surface area contributed by atoms with Gasteiger partial charge in [0.25, 0.3) is 0 Å². The second-order valence-corrected chi connectivity index (χ2v) is 8.13. The number of ether oxygens (including phenoxy) is 3. The van der Waals surface area contributed by atoms with Crippen LogP contribution in [-0.2, 0) is 22.4 Å². The fourth-order valence-corrected chi connectivity index (χ4v) is 4.19. The number of esters is 1. The van der Waals surface area contributed by atoms with Gasteiger partial charge >= 0.3 is 5.97 Å². The Labute approximate surface area is 191 Å². The second-order valence-electron chi connectivity index (χ2n) is 8.13. The van der Waals surface area contributed by atoms with Gasteiger partial charge in [-0.15, -0.1) is 0 Å². The number of fused-ring (bicyclic) bond motifs is 2. The van der Waals surface area contributed by atoms with Crippen molar-refractivity contribution >= 4 is 34.0 Å². The molecule has 2 aromatic carbocycles. The van der Waals surface area contributed by atoms with E-state index in [0.29, 0.717) is 42.1 Å². The summed E-state index contributed by atoms with van der Waals surface area (Å²) >= 11 is 0. The Hall–Kier alpha value is -3.65. The first-order valence-electron chi connectivity index (χ1n) is 11.1. The standard InChI is InChI=1S/C25H26N4O4/c1-31-17-10-8-16(9-11-17)12-13-29-23(26)21(25(30)33-15-18-5-4-14-32-18)22-24(29)28-20-7-3-2-6-19(20)27-22/h2-3,6-11,18H,4-5,12-15,26H2,1H3. The van der Waals surface area contributed by atoms with Gasteiger partial charge in [-0.1, -0.05) is 24.3 Å². The molecule has 1 aliphatic heterocycles. The number of nitrogens with zero attached hydrogens (tertiary/aromatic N) is 3. The Morgan fingerprint density at radius 1 is 1.15 bits per heavy atom. The lowest BCUT2D eigenvalue weighted by Gasteiger charge is -2.11. The average Bonchev–Trinajstić information content (AvgIpc) is 3.46. The first kappa shape index (κ1) is 21.2. The van der Waals surface area contributed by atoms with E-state index in [0.717, 1.165) is 29.7 Å². The first-order valence-corrected chi connectivity index (χ1v) is 11.1. The molecule has 4 aromatic rings. The average molecular weight is 447 g/mol. The van der Waals surface area contributed by atoms with Crippen LogP contribution in [0.4, 0.5) is 5.82 Å². The van der Waals surface area contributed by atoms with E-state index in [2.05, 4.69) is 0 Å². The van der Waals surface area contributed by atoms with E-state index in [1.165, 1.54) is 0 Å². The Bertz CT molecular complexity index is 1290. The SMILES string of the molecule is COc1ccc(CCn2c(N)c(C(=O)OCC3CCCO3)c3nc4ccccc4nc32)cc1. The van der Waals surface area contributed by atoms with Gasteiger partial charge in [-0.3, -0.25) is 0 Å². The number of nitrogens with two attached hydrogens (primary N) is 1. The van der Waals surface area contributed by atoms with E-state index >= 15 is 0 Å². The summed E-state index contributed by atoms with van der Waals surface area (Å²) in [5.74, 6) is 0.616. The van der Waals surface area contributed by atoms with E-state index in [-0.39, 0.29) is 18.3 Å². The topological polar surface area (TPSA) is 101 Å². The summed E-state index contributed by atoms with van der Waals surface area (Å²) < 4.78 is 18.2. The van der Waals surface area contributed by atoms with Crippen molar-refractivity contribution in [3.63, 3.8) is 0 Å². The van der Waals surface area contributed by atoms with Crippen molar-refractivity contribution in [3.8, 4) is 5.75 Å². The van der Waals surface area contributed by atoms with E-state index in [1.54, 1.807) is 7.11 Å². The van der Waals surface area contributed by atoms with Gasteiger partial charge in [0, 0.05) is 13.2 Å². The van der Waals surface area contributed by atoms with Gasteiger partial charge in [0.2, 0.25) is 0 Å². The molecule has 3 heterocycles. The predicted octanol–water partition coefficient (Wildman–Crippen LogP) is 3.75. The van der Waals surface area contributed by atoms with Crippen molar-refractivity contribution in [1.82, 2.24) is 14.5 Å². The molecule has 0 spiro atoms. The maximum absolute atomic E-state index is 13.1. The third kappa shape index (κ3) is 4.21. The maximum Gasteiger partial charge on any atom is 0.344 e. The summed E-state index contributed by atoms with van der Waals surface area (Å²) in [6, 6.07) is 15.4. The van der Waals surface area contributed by atoms with Gasteiger partial charge in [-0.25, -0.2) is 14.8 Å². The zero-order valence-corrected chi connectivity index (χ0v) is 18.5. The lowest BCUT2D eigenvalue weighted by molar-refractivity contribution is 0.0163. The minimum atomic E-state index is -0.499. The number of anilines is 1. The fourth-order valence-electron chi connectivity index (χ4n) is 4.19. The Morgan fingerprint density at radius 3 is 2.61 bits per heavy atom. The highest BCUT2D eigenvalue weighted by Gasteiger charge is 2.26. The van der Waals surface area contributed by atoms with Crippen LogP contribution in [0.3, 0.4) is 0 Å². The molecule has 2 aromatic heterocycles. The maximum atomic E-state index is 13.1. The van der Waals surface area contributed by atoms with Crippen LogP contribution in [0.1, 0.15) is 28.8 Å². The molecule has 0 bridgehead atoms. The minimum Gasteiger partial charge on any atom is -0.497 e. The normalized spacial score (nSPS) is 15.8. The summed E-state index contributed by atoms with van der Waals surface area (Å²) in [5, 5.41) is 0. The molecular formula is C25H26N4O4. The largest absolute Gasteiger partial charge is 0.497 e. The van der Waals surface area contributed by atoms with Crippen LogP contribution in [0.2, 0.25) is 0 Å². The lowest BCUT2D eigenvalue weighted by atomic mass is 10.1. The highest BCUT2D eigenvalue weighted by Crippen LogP contribution is 2.29. The van der Waals surface area contributed by atoms with Crippen LogP contribution in [0.5, 0.6) is 5.75 Å². The Morgan fingerprint density at radius 2 is 1.91 bits per heavy atom. The monoisotopic (exact) mass is 446 g/mol. The fraction of sp³-hybridized carbons (Fsp3) is 0.320. The minimum absolute atomic E-state index is 0.0643. The summed E-state index contributed by atoms with van der Waals surface area (Å²) in [6.45, 7) is 1.45. The molecule has 1 unspecified atom stereocenters. The van der Waals surface area contributed by atoms with Gasteiger partial charge in [0.1, 0.15) is 29.3 Å². The van der Waals surface area contributed by atoms with E-state index in [4.69, 9.17) is 29.9 Å². The number of rotatable bonds is 7. The highest BCUT2D eigenvalue weighted by atomic mass is 16.6. The number of carbonyl (C=O) groups is 1. The Balaban J connectivity index is 1.50. The zero-order chi connectivity index (χ0) is 22.8. The van der Waals surface area contributed by atoms with Crippen LogP contribution in [0, 0.1) is 0 Å². The summed E-state index contributed by atoms with van der Waals surface area (Å²) in [7, 11) is 1.64. The van der Waals surface area contributed by atoms with Crippen LogP contribution in [0.25, 0.3) is 22.2 Å². The number of methoxy groups -OCH3 is 1. The lowest BCUT2D eigenvalue weighted by Crippen LogP contribution is -2.18. The number of carbonyl (C=O) groups excluding carboxylic acids is 1. The zero-order valence-electron chi connectivity index (χ0n) is 18.5. The first-order chi connectivity index (χ1) is 16.1. The molecule has 1 fully saturated rings. The van der Waals surface area contributed by atoms with Crippen molar-refractivity contribution in [3.05, 3.63) is 59.7 Å². The van der Waals surface area contributed by atoms with Crippen molar-refractivity contribution in [2.24, 2.45) is 0 Å². The van der Waals surface area contributed by atoms with Crippen molar-refractivity contribution in [2.45, 2.75) is 31.9 Å². The van der Waals surface area contributed by atoms with Crippen LogP contribution in [0.15, 0.2) is 48.5 Å². The third-order valence-corrected chi connectivity index (χ3v) is 6.00. The molecule has 1 aliphatic rings. The van der Waals surface area contributed by atoms with Crippen molar-refractivity contribution < 1.29 is 19.0 Å². The number of hydrogen-bond acceptors (Lipinski definition) is 7. The number of hydrogen-bond donors (Lipinski definition) is 1. The molecule has 1 saturated heterocycles. The molecule has 8 nitrogen and oxygen atoms in total. The van der Waals surface area contributed by atoms with Crippen LogP contribution >= 0.6 is 0 Å². The smallest absolute Gasteiger partial charge is 0.344 e. The predicted molar refractivity (Wildman–Crippen MR) is 125 cm³/mol. The third-order valence-electron chi connectivity index (χ3n) is 6.00. The molecule has 8 heteroatoms. The summed E-state index contributed by atoms with van der Waals surface area (Å²) in [6.07, 6.45) is 2.51. The second kappa shape index (κ2) is 9.07. The van der Waals surface area contributed by atoms with Crippen LogP contribution < -0.4 is 10.5 Å². The van der Waals surface area contributed by atoms with Gasteiger partial charge in [0.05, 0.1) is 24.2 Å². The molecule has 5 rings (SSSR count).